The summed E-state index contributed by atoms with van der Waals surface area (Å²) in [6, 6.07) is 2.09. The summed E-state index contributed by atoms with van der Waals surface area (Å²) in [5.41, 5.74) is -3.74. The maximum atomic E-state index is 12.6. The van der Waals surface area contributed by atoms with Gasteiger partial charge in [-0.15, -0.1) is 0 Å². The van der Waals surface area contributed by atoms with Gasteiger partial charge in [0.2, 0.25) is 0 Å². The average Bonchev–Trinajstić information content (AvgIpc) is 2.25. The monoisotopic (exact) mass is 258 g/mol. The number of nitrogens with zero attached hydrogens (tertiary/aromatic N) is 2. The number of nitro benzene ring substituents is 1. The Hall–Kier alpha value is -2.43. The molecule has 0 unspecified atom stereocenters. The molecule has 0 N–H and O–H groups in total. The zero-order chi connectivity index (χ0) is 14.1. The van der Waals surface area contributed by atoms with E-state index in [1.54, 1.807) is 0 Å². The molecule has 5 nitrogen and oxygen atoms in total. The standard InChI is InChI=1S/C10H5F3N2O3/c1-5(16)7-3-9(15(17)18)6(4-14)2-8(7)10(11,12)13/h2-3H,1H3. The fourth-order valence-corrected chi connectivity index (χ4v) is 1.35. The molecule has 0 aliphatic rings. The van der Waals surface area contributed by atoms with E-state index in [-0.39, 0.29) is 0 Å². The van der Waals surface area contributed by atoms with E-state index in [1.165, 1.54) is 6.07 Å². The van der Waals surface area contributed by atoms with E-state index in [0.717, 1.165) is 6.92 Å². The maximum Gasteiger partial charge on any atom is 0.417 e. The number of hydrogen-bond donors (Lipinski definition) is 0. The molecule has 0 amide bonds. The highest BCUT2D eigenvalue weighted by Crippen LogP contribution is 2.35. The number of ketones is 1. The molecule has 0 aromatic heterocycles. The first-order valence-corrected chi connectivity index (χ1v) is 4.49. The number of nitriles is 1. The molecule has 0 atom stereocenters. The van der Waals surface area contributed by atoms with Crippen molar-refractivity contribution in [1.29, 1.82) is 5.26 Å². The summed E-state index contributed by atoms with van der Waals surface area (Å²) in [6.45, 7) is 0.861. The molecule has 8 heteroatoms. The molecule has 0 heterocycles. The van der Waals surface area contributed by atoms with E-state index < -0.39 is 39.3 Å². The third kappa shape index (κ3) is 2.45. The van der Waals surface area contributed by atoms with Gasteiger partial charge in [0, 0.05) is 11.6 Å². The molecule has 1 aromatic rings. The Bertz CT molecular complexity index is 573. The Labute approximate surface area is 98.6 Å². The van der Waals surface area contributed by atoms with Gasteiger partial charge in [-0.1, -0.05) is 0 Å². The van der Waals surface area contributed by atoms with Crippen molar-refractivity contribution in [3.05, 3.63) is 38.9 Å². The van der Waals surface area contributed by atoms with Crippen LogP contribution in [0.15, 0.2) is 12.1 Å². The minimum absolute atomic E-state index is 0.314. The summed E-state index contributed by atoms with van der Waals surface area (Å²) in [7, 11) is 0. The molecule has 0 aliphatic heterocycles. The largest absolute Gasteiger partial charge is 0.417 e. The molecular formula is C10H5F3N2O3. The van der Waals surface area contributed by atoms with Crippen molar-refractivity contribution in [3.63, 3.8) is 0 Å². The van der Waals surface area contributed by atoms with Crippen molar-refractivity contribution in [3.8, 4) is 6.07 Å². The first kappa shape index (κ1) is 13.6. The maximum absolute atomic E-state index is 12.6. The highest BCUT2D eigenvalue weighted by Gasteiger charge is 2.37. The summed E-state index contributed by atoms with van der Waals surface area (Å²) in [5.74, 6) is -0.963. The first-order valence-electron chi connectivity index (χ1n) is 4.49. The number of carbonyl (C=O) groups excluding carboxylic acids is 1. The van der Waals surface area contributed by atoms with Crippen LogP contribution in [0.4, 0.5) is 18.9 Å². The molecule has 0 saturated heterocycles. The van der Waals surface area contributed by atoms with Crippen molar-refractivity contribution >= 4 is 11.5 Å². The van der Waals surface area contributed by atoms with E-state index in [4.69, 9.17) is 5.26 Å². The van der Waals surface area contributed by atoms with E-state index in [0.29, 0.717) is 12.1 Å². The molecule has 0 radical (unpaired) electrons. The third-order valence-corrected chi connectivity index (χ3v) is 2.14. The van der Waals surface area contributed by atoms with Gasteiger partial charge < -0.3 is 0 Å². The first-order chi connectivity index (χ1) is 8.18. The van der Waals surface area contributed by atoms with Gasteiger partial charge in [-0.2, -0.15) is 18.4 Å². The van der Waals surface area contributed by atoms with Crippen LogP contribution in [-0.2, 0) is 6.18 Å². The van der Waals surface area contributed by atoms with E-state index in [9.17, 15) is 28.1 Å². The van der Waals surface area contributed by atoms with Gasteiger partial charge in [0.25, 0.3) is 5.69 Å². The number of carbonyl (C=O) groups is 1. The zero-order valence-electron chi connectivity index (χ0n) is 8.91. The minimum atomic E-state index is -4.86. The summed E-state index contributed by atoms with van der Waals surface area (Å²) < 4.78 is 37.9. The smallest absolute Gasteiger partial charge is 0.294 e. The van der Waals surface area contributed by atoms with Crippen LogP contribution in [0.1, 0.15) is 28.4 Å². The molecular weight excluding hydrogens is 253 g/mol. The van der Waals surface area contributed by atoms with Crippen LogP contribution in [0.2, 0.25) is 0 Å². The van der Waals surface area contributed by atoms with Gasteiger partial charge in [0.05, 0.1) is 10.5 Å². The zero-order valence-corrected chi connectivity index (χ0v) is 8.91. The Kier molecular flexibility index (Phi) is 3.37. The van der Waals surface area contributed by atoms with Crippen LogP contribution in [0.5, 0.6) is 0 Å². The molecule has 18 heavy (non-hydrogen) atoms. The second-order valence-corrected chi connectivity index (χ2v) is 3.34. The van der Waals surface area contributed by atoms with Crippen LogP contribution in [0, 0.1) is 21.4 Å². The molecule has 1 aromatic carbocycles. The minimum Gasteiger partial charge on any atom is -0.294 e. The predicted octanol–water partition coefficient (Wildman–Crippen LogP) is 2.69. The van der Waals surface area contributed by atoms with Gasteiger partial charge in [-0.05, 0) is 13.0 Å². The summed E-state index contributed by atoms with van der Waals surface area (Å²) >= 11 is 0. The molecule has 0 aliphatic carbocycles. The van der Waals surface area contributed by atoms with Crippen LogP contribution in [0.3, 0.4) is 0 Å². The number of hydrogen-bond acceptors (Lipinski definition) is 4. The van der Waals surface area contributed by atoms with Gasteiger partial charge >= 0.3 is 6.18 Å². The fourth-order valence-electron chi connectivity index (χ4n) is 1.35. The lowest BCUT2D eigenvalue weighted by Gasteiger charge is -2.11. The van der Waals surface area contributed by atoms with Crippen LogP contribution >= 0.6 is 0 Å². The number of benzene rings is 1. The number of halogens is 3. The van der Waals surface area contributed by atoms with Crippen LogP contribution in [-0.4, -0.2) is 10.7 Å². The van der Waals surface area contributed by atoms with E-state index >= 15 is 0 Å². The lowest BCUT2D eigenvalue weighted by Crippen LogP contribution is -2.13. The molecule has 0 saturated carbocycles. The molecule has 0 spiro atoms. The summed E-state index contributed by atoms with van der Waals surface area (Å²) in [6.07, 6.45) is -4.86. The molecule has 94 valence electrons. The Morgan fingerprint density at radius 1 is 1.44 bits per heavy atom. The highest BCUT2D eigenvalue weighted by atomic mass is 19.4. The highest BCUT2D eigenvalue weighted by molar-refractivity contribution is 5.96. The second kappa shape index (κ2) is 4.44. The number of Topliss-reactive ketones (excluding diaryl/α,β-unsaturated/α-hetero) is 1. The van der Waals surface area contributed by atoms with Crippen molar-refractivity contribution in [2.45, 2.75) is 13.1 Å². The second-order valence-electron chi connectivity index (χ2n) is 3.34. The van der Waals surface area contributed by atoms with Crippen molar-refractivity contribution in [2.75, 3.05) is 0 Å². The Morgan fingerprint density at radius 3 is 2.33 bits per heavy atom. The van der Waals surface area contributed by atoms with Gasteiger partial charge in [-0.3, -0.25) is 14.9 Å². The normalized spacial score (nSPS) is 10.8. The Balaban J connectivity index is 3.70. The third-order valence-electron chi connectivity index (χ3n) is 2.14. The lowest BCUT2D eigenvalue weighted by molar-refractivity contribution is -0.385. The SMILES string of the molecule is CC(=O)c1cc([N+](=O)[O-])c(C#N)cc1C(F)(F)F. The van der Waals surface area contributed by atoms with Gasteiger partial charge in [0.15, 0.2) is 5.78 Å². The molecule has 0 fully saturated rings. The van der Waals surface area contributed by atoms with Crippen molar-refractivity contribution < 1.29 is 22.9 Å². The predicted molar refractivity (Wildman–Crippen MR) is 52.8 cm³/mol. The van der Waals surface area contributed by atoms with Crippen molar-refractivity contribution in [2.24, 2.45) is 0 Å². The number of rotatable bonds is 2. The quantitative estimate of drug-likeness (QED) is 0.463. The average molecular weight is 258 g/mol. The summed E-state index contributed by atoms with van der Waals surface area (Å²) in [4.78, 5) is 20.7. The van der Waals surface area contributed by atoms with E-state index in [2.05, 4.69) is 0 Å². The lowest BCUT2D eigenvalue weighted by atomic mass is 9.99. The van der Waals surface area contributed by atoms with Gasteiger partial charge in [-0.25, -0.2) is 0 Å². The fraction of sp³-hybridized carbons (Fsp3) is 0.200. The van der Waals surface area contributed by atoms with Crippen LogP contribution in [0.25, 0.3) is 0 Å². The topological polar surface area (TPSA) is 84.0 Å². The van der Waals surface area contributed by atoms with Gasteiger partial charge in [0.1, 0.15) is 11.6 Å². The van der Waals surface area contributed by atoms with Crippen molar-refractivity contribution in [1.82, 2.24) is 0 Å². The molecule has 0 bridgehead atoms. The summed E-state index contributed by atoms with van der Waals surface area (Å²) in [5, 5.41) is 19.2. The van der Waals surface area contributed by atoms with E-state index in [1.807, 2.05) is 0 Å². The number of alkyl halides is 3. The van der Waals surface area contributed by atoms with Crippen LogP contribution < -0.4 is 0 Å². The molecule has 1 rings (SSSR count). The Morgan fingerprint density at radius 2 is 2.00 bits per heavy atom. The number of nitro groups is 1.